The summed E-state index contributed by atoms with van der Waals surface area (Å²) in [6.45, 7) is 9.13. The number of fused-ring (bicyclic) bond motifs is 1. The minimum Gasteiger partial charge on any atom is -0.496 e. The highest BCUT2D eigenvalue weighted by Crippen LogP contribution is 2.35. The fraction of sp³-hybridized carbons (Fsp3) is 0.720. The molecule has 32 heavy (non-hydrogen) atoms. The summed E-state index contributed by atoms with van der Waals surface area (Å²) in [6, 6.07) is 4.20. The normalized spacial score (nSPS) is 24.2. The average Bonchev–Trinajstić information content (AvgIpc) is 3.19. The van der Waals surface area contributed by atoms with Crippen LogP contribution in [0.5, 0.6) is 11.5 Å². The summed E-state index contributed by atoms with van der Waals surface area (Å²) < 4.78 is 23.6. The van der Waals surface area contributed by atoms with Gasteiger partial charge in [0.15, 0.2) is 5.96 Å². The third-order valence-electron chi connectivity index (χ3n) is 6.57. The van der Waals surface area contributed by atoms with E-state index in [-0.39, 0.29) is 12.2 Å². The van der Waals surface area contributed by atoms with Gasteiger partial charge in [0.25, 0.3) is 0 Å². The van der Waals surface area contributed by atoms with E-state index in [1.807, 2.05) is 0 Å². The zero-order valence-electron chi connectivity index (χ0n) is 19.9. The van der Waals surface area contributed by atoms with Crippen LogP contribution in [-0.4, -0.2) is 69.1 Å². The van der Waals surface area contributed by atoms with E-state index in [4.69, 9.17) is 23.9 Å². The van der Waals surface area contributed by atoms with Crippen LogP contribution < -0.4 is 14.8 Å². The monoisotopic (exact) mass is 445 g/mol. The minimum atomic E-state index is 0.221. The van der Waals surface area contributed by atoms with Crippen LogP contribution in [0.4, 0.5) is 0 Å². The van der Waals surface area contributed by atoms with E-state index in [9.17, 15) is 0 Å². The molecular weight excluding hydrogens is 406 g/mol. The van der Waals surface area contributed by atoms with Crippen molar-refractivity contribution in [3.8, 4) is 11.5 Å². The van der Waals surface area contributed by atoms with Crippen LogP contribution in [0.1, 0.15) is 57.1 Å². The van der Waals surface area contributed by atoms with Crippen molar-refractivity contribution in [3.63, 3.8) is 0 Å². The highest BCUT2D eigenvalue weighted by molar-refractivity contribution is 5.80. The van der Waals surface area contributed by atoms with Gasteiger partial charge in [-0.1, -0.05) is 0 Å². The first-order valence-electron chi connectivity index (χ1n) is 12.3. The number of benzene rings is 1. The van der Waals surface area contributed by atoms with Crippen molar-refractivity contribution in [1.82, 2.24) is 10.2 Å². The summed E-state index contributed by atoms with van der Waals surface area (Å²) in [7, 11) is 1.72. The molecule has 0 spiro atoms. The van der Waals surface area contributed by atoms with Gasteiger partial charge in [-0.3, -0.25) is 0 Å². The molecule has 1 N–H and O–H groups in total. The van der Waals surface area contributed by atoms with Crippen LogP contribution in [0.3, 0.4) is 0 Å². The Bertz CT molecular complexity index is 771. The van der Waals surface area contributed by atoms with Crippen molar-refractivity contribution in [1.29, 1.82) is 0 Å². The average molecular weight is 446 g/mol. The fourth-order valence-corrected chi connectivity index (χ4v) is 4.80. The van der Waals surface area contributed by atoms with Crippen molar-refractivity contribution in [2.75, 3.05) is 40.0 Å². The van der Waals surface area contributed by atoms with Gasteiger partial charge >= 0.3 is 0 Å². The number of nitrogens with zero attached hydrogens (tertiary/aromatic N) is 2. The van der Waals surface area contributed by atoms with Gasteiger partial charge in [0, 0.05) is 43.8 Å². The Morgan fingerprint density at radius 1 is 1.22 bits per heavy atom. The smallest absolute Gasteiger partial charge is 0.194 e. The van der Waals surface area contributed by atoms with E-state index in [2.05, 4.69) is 36.2 Å². The van der Waals surface area contributed by atoms with Gasteiger partial charge in [0.2, 0.25) is 0 Å². The lowest BCUT2D eigenvalue weighted by molar-refractivity contribution is -0.0721. The Balaban J connectivity index is 1.33. The largest absolute Gasteiger partial charge is 0.496 e. The van der Waals surface area contributed by atoms with Gasteiger partial charge in [-0.25, -0.2) is 4.99 Å². The zero-order chi connectivity index (χ0) is 22.3. The summed E-state index contributed by atoms with van der Waals surface area (Å²) in [5.41, 5.74) is 2.27. The summed E-state index contributed by atoms with van der Waals surface area (Å²) in [5.74, 6) is 2.81. The van der Waals surface area contributed by atoms with E-state index in [1.54, 1.807) is 7.11 Å². The van der Waals surface area contributed by atoms with Crippen molar-refractivity contribution in [2.45, 2.75) is 77.2 Å². The van der Waals surface area contributed by atoms with Crippen molar-refractivity contribution < 1.29 is 18.9 Å². The standard InChI is InChI=1S/C25H39N3O4/c1-4-26-25(27-16-20-15-24-19(13-18(2)32-24)14-23(20)29-3)28-10-8-21(9-11-28)31-17-22-7-5-6-12-30-22/h14-15,18,21-22H,4-13,16-17H2,1-3H3,(H,26,27). The van der Waals surface area contributed by atoms with Gasteiger partial charge in [0.1, 0.15) is 17.6 Å². The lowest BCUT2D eigenvalue weighted by Gasteiger charge is -2.35. The molecule has 2 saturated heterocycles. The maximum absolute atomic E-state index is 6.18. The number of guanidine groups is 1. The maximum Gasteiger partial charge on any atom is 0.194 e. The molecule has 2 unspecified atom stereocenters. The van der Waals surface area contributed by atoms with Gasteiger partial charge in [-0.05, 0) is 58.1 Å². The van der Waals surface area contributed by atoms with E-state index >= 15 is 0 Å². The predicted octanol–water partition coefficient (Wildman–Crippen LogP) is 3.53. The van der Waals surface area contributed by atoms with E-state index in [1.165, 1.54) is 18.4 Å². The molecule has 0 bridgehead atoms. The van der Waals surface area contributed by atoms with Crippen LogP contribution in [0.25, 0.3) is 0 Å². The highest BCUT2D eigenvalue weighted by Gasteiger charge is 2.25. The first-order valence-corrected chi connectivity index (χ1v) is 12.3. The second kappa shape index (κ2) is 11.2. The molecule has 0 saturated carbocycles. The Morgan fingerprint density at radius 2 is 2.06 bits per heavy atom. The summed E-state index contributed by atoms with van der Waals surface area (Å²) in [6.07, 6.45) is 7.37. The number of piperidine rings is 1. The van der Waals surface area contributed by atoms with Gasteiger partial charge in [0.05, 0.1) is 32.5 Å². The summed E-state index contributed by atoms with van der Waals surface area (Å²) >= 11 is 0. The zero-order valence-corrected chi connectivity index (χ0v) is 19.9. The topological polar surface area (TPSA) is 64.6 Å². The number of methoxy groups -OCH3 is 1. The van der Waals surface area contributed by atoms with E-state index < -0.39 is 0 Å². The van der Waals surface area contributed by atoms with Crippen molar-refractivity contribution in [3.05, 3.63) is 23.3 Å². The molecule has 2 fully saturated rings. The molecule has 178 valence electrons. The molecular formula is C25H39N3O4. The van der Waals surface area contributed by atoms with Gasteiger partial charge < -0.3 is 29.2 Å². The van der Waals surface area contributed by atoms with Gasteiger partial charge in [-0.2, -0.15) is 0 Å². The molecule has 0 radical (unpaired) electrons. The molecule has 7 heteroatoms. The number of hydrogen-bond acceptors (Lipinski definition) is 5. The molecule has 3 heterocycles. The molecule has 0 aliphatic carbocycles. The number of nitrogens with one attached hydrogen (secondary N) is 1. The van der Waals surface area contributed by atoms with Gasteiger partial charge in [-0.15, -0.1) is 0 Å². The Kier molecular flexibility index (Phi) is 8.14. The third kappa shape index (κ3) is 5.87. The molecule has 2 atom stereocenters. The molecule has 1 aromatic rings. The summed E-state index contributed by atoms with van der Waals surface area (Å²) in [5, 5.41) is 3.46. The predicted molar refractivity (Wildman–Crippen MR) is 126 cm³/mol. The van der Waals surface area contributed by atoms with Crippen molar-refractivity contribution >= 4 is 5.96 Å². The number of ether oxygens (including phenoxy) is 4. The number of aliphatic imine (C=N–C) groups is 1. The Labute approximate surface area is 192 Å². The number of hydrogen-bond donors (Lipinski definition) is 1. The van der Waals surface area contributed by atoms with Crippen LogP contribution in [0, 0.1) is 0 Å². The third-order valence-corrected chi connectivity index (χ3v) is 6.57. The van der Waals surface area contributed by atoms with Crippen LogP contribution >= 0.6 is 0 Å². The SMILES string of the molecule is CCNC(=NCc1cc2c(cc1OC)CC(C)O2)N1CCC(OCC2CCCCO2)CC1. The lowest BCUT2D eigenvalue weighted by Crippen LogP contribution is -2.47. The molecule has 1 aromatic carbocycles. The van der Waals surface area contributed by atoms with Crippen molar-refractivity contribution in [2.24, 2.45) is 4.99 Å². The maximum atomic E-state index is 6.18. The molecule has 3 aliphatic rings. The number of likely N-dealkylation sites (tertiary alicyclic amines) is 1. The van der Waals surface area contributed by atoms with E-state index in [0.717, 1.165) is 81.6 Å². The van der Waals surface area contributed by atoms with Crippen LogP contribution in [-0.2, 0) is 22.4 Å². The second-order valence-electron chi connectivity index (χ2n) is 9.08. The first-order chi connectivity index (χ1) is 15.7. The molecule has 0 aromatic heterocycles. The molecule has 4 rings (SSSR count). The highest BCUT2D eigenvalue weighted by atomic mass is 16.5. The Morgan fingerprint density at radius 3 is 2.78 bits per heavy atom. The lowest BCUT2D eigenvalue weighted by atomic mass is 10.1. The van der Waals surface area contributed by atoms with Crippen LogP contribution in [0.2, 0.25) is 0 Å². The molecule has 7 nitrogen and oxygen atoms in total. The van der Waals surface area contributed by atoms with E-state index in [0.29, 0.717) is 12.6 Å². The van der Waals surface area contributed by atoms with Crippen LogP contribution in [0.15, 0.2) is 17.1 Å². The first kappa shape index (κ1) is 23.2. The fourth-order valence-electron chi connectivity index (χ4n) is 4.80. The summed E-state index contributed by atoms with van der Waals surface area (Å²) in [4.78, 5) is 7.29. The molecule has 3 aliphatic heterocycles. The minimum absolute atomic E-state index is 0.221. The second-order valence-corrected chi connectivity index (χ2v) is 9.08. The molecule has 0 amide bonds. The number of rotatable bonds is 7. The quantitative estimate of drug-likeness (QED) is 0.512. The Hall–Kier alpha value is -1.99.